The van der Waals surface area contributed by atoms with Crippen LogP contribution in [0.5, 0.6) is 11.5 Å². The van der Waals surface area contributed by atoms with Crippen molar-refractivity contribution >= 4 is 15.9 Å². The molecule has 0 heterocycles. The van der Waals surface area contributed by atoms with E-state index in [0.29, 0.717) is 13.2 Å². The Hall–Kier alpha value is -0.780. The molecule has 4 nitrogen and oxygen atoms in total. The smallest absolute Gasteiger partial charge is 0.166 e. The van der Waals surface area contributed by atoms with E-state index in [1.54, 1.807) is 7.11 Å². The summed E-state index contributed by atoms with van der Waals surface area (Å²) in [7, 11) is 1.63. The van der Waals surface area contributed by atoms with Gasteiger partial charge in [-0.3, -0.25) is 0 Å². The summed E-state index contributed by atoms with van der Waals surface area (Å²) in [5.41, 5.74) is 1.04. The van der Waals surface area contributed by atoms with Crippen molar-refractivity contribution in [2.24, 2.45) is 0 Å². The average Bonchev–Trinajstić information content (AvgIpc) is 2.38. The molecule has 0 aliphatic heterocycles. The predicted molar refractivity (Wildman–Crippen MR) is 75.3 cm³/mol. The third-order valence-corrected chi connectivity index (χ3v) is 3.23. The number of aliphatic hydroxyl groups is 1. The lowest BCUT2D eigenvalue weighted by Gasteiger charge is -2.16. The van der Waals surface area contributed by atoms with Crippen LogP contribution in [0.3, 0.4) is 0 Å². The van der Waals surface area contributed by atoms with Crippen molar-refractivity contribution in [3.8, 4) is 11.5 Å². The van der Waals surface area contributed by atoms with E-state index in [1.165, 1.54) is 0 Å². The summed E-state index contributed by atoms with van der Waals surface area (Å²) in [6, 6.07) is 3.83. The Bertz CT molecular complexity index is 371. The number of hydrogen-bond donors (Lipinski definition) is 2. The molecule has 0 aliphatic rings. The van der Waals surface area contributed by atoms with Gasteiger partial charge in [-0.15, -0.1) is 0 Å². The van der Waals surface area contributed by atoms with Crippen molar-refractivity contribution in [3.63, 3.8) is 0 Å². The Kier molecular flexibility index (Phi) is 7.08. The second-order valence-electron chi connectivity index (χ2n) is 3.74. The molecular formula is C13H20BrNO3. The van der Waals surface area contributed by atoms with Crippen LogP contribution >= 0.6 is 15.9 Å². The van der Waals surface area contributed by atoms with Gasteiger partial charge in [-0.1, -0.05) is 15.9 Å². The number of hydrogen-bond acceptors (Lipinski definition) is 4. The van der Waals surface area contributed by atoms with Crippen LogP contribution in [0.1, 0.15) is 18.9 Å². The average molecular weight is 318 g/mol. The van der Waals surface area contributed by atoms with Crippen LogP contribution in [0, 0.1) is 0 Å². The summed E-state index contributed by atoms with van der Waals surface area (Å²) in [5, 5.41) is 12.0. The lowest BCUT2D eigenvalue weighted by Crippen LogP contribution is -2.17. The number of aliphatic hydroxyl groups excluding tert-OH is 1. The third kappa shape index (κ3) is 4.15. The van der Waals surface area contributed by atoms with E-state index in [2.05, 4.69) is 21.2 Å². The maximum absolute atomic E-state index is 8.75. The summed E-state index contributed by atoms with van der Waals surface area (Å²) in [5.74, 6) is 1.50. The van der Waals surface area contributed by atoms with E-state index in [9.17, 15) is 0 Å². The largest absolute Gasteiger partial charge is 0.493 e. The molecule has 0 radical (unpaired) electrons. The van der Waals surface area contributed by atoms with Gasteiger partial charge in [0.25, 0.3) is 0 Å². The molecule has 0 atom stereocenters. The number of rotatable bonds is 8. The molecule has 102 valence electrons. The highest BCUT2D eigenvalue weighted by Crippen LogP contribution is 2.36. The molecule has 0 bridgehead atoms. The van der Waals surface area contributed by atoms with Gasteiger partial charge in [0.05, 0.1) is 13.7 Å². The number of nitrogens with one attached hydrogen (secondary N) is 1. The van der Waals surface area contributed by atoms with Crippen LogP contribution in [0.2, 0.25) is 0 Å². The normalized spacial score (nSPS) is 10.4. The maximum atomic E-state index is 8.75. The molecule has 0 spiro atoms. The van der Waals surface area contributed by atoms with Gasteiger partial charge >= 0.3 is 0 Å². The summed E-state index contributed by atoms with van der Waals surface area (Å²) >= 11 is 3.52. The van der Waals surface area contributed by atoms with Crippen LogP contribution in [0.25, 0.3) is 0 Å². The van der Waals surface area contributed by atoms with Crippen LogP contribution in [-0.4, -0.2) is 32.0 Å². The highest BCUT2D eigenvalue weighted by Gasteiger charge is 2.13. The SMILES string of the molecule is CCOc1c(OC)ccc(Br)c1CNCCCO. The molecular weight excluding hydrogens is 298 g/mol. The van der Waals surface area contributed by atoms with Crippen molar-refractivity contribution < 1.29 is 14.6 Å². The quantitative estimate of drug-likeness (QED) is 0.723. The molecule has 1 rings (SSSR count). The fraction of sp³-hybridized carbons (Fsp3) is 0.538. The highest BCUT2D eigenvalue weighted by molar-refractivity contribution is 9.10. The molecule has 0 saturated heterocycles. The molecule has 1 aromatic rings. The van der Waals surface area contributed by atoms with Gasteiger partial charge in [0, 0.05) is 23.2 Å². The van der Waals surface area contributed by atoms with E-state index >= 15 is 0 Å². The zero-order valence-corrected chi connectivity index (χ0v) is 12.4. The topological polar surface area (TPSA) is 50.7 Å². The molecule has 5 heteroatoms. The molecule has 1 aromatic carbocycles. The first-order valence-corrected chi connectivity index (χ1v) is 6.83. The maximum Gasteiger partial charge on any atom is 0.166 e. The minimum absolute atomic E-state index is 0.199. The first-order valence-electron chi connectivity index (χ1n) is 6.04. The standard InChI is InChI=1S/C13H20BrNO3/c1-3-18-13-10(9-15-7-4-8-16)11(14)5-6-12(13)17-2/h5-6,15-16H,3-4,7-9H2,1-2H3. The Morgan fingerprint density at radius 3 is 2.78 bits per heavy atom. The zero-order valence-electron chi connectivity index (χ0n) is 10.8. The van der Waals surface area contributed by atoms with E-state index in [-0.39, 0.29) is 6.61 Å². The van der Waals surface area contributed by atoms with Crippen LogP contribution < -0.4 is 14.8 Å². The van der Waals surface area contributed by atoms with Crippen molar-refractivity contribution in [1.82, 2.24) is 5.32 Å². The van der Waals surface area contributed by atoms with Gasteiger partial charge in [0.15, 0.2) is 11.5 Å². The zero-order chi connectivity index (χ0) is 13.4. The molecule has 0 fully saturated rings. The third-order valence-electron chi connectivity index (χ3n) is 2.49. The molecule has 0 aliphatic carbocycles. The number of methoxy groups -OCH3 is 1. The summed E-state index contributed by atoms with van der Waals surface area (Å²) < 4.78 is 11.9. The van der Waals surface area contributed by atoms with Gasteiger partial charge in [-0.25, -0.2) is 0 Å². The predicted octanol–water partition coefficient (Wildman–Crippen LogP) is 2.33. The fourth-order valence-electron chi connectivity index (χ4n) is 1.63. The lowest BCUT2D eigenvalue weighted by atomic mass is 10.2. The van der Waals surface area contributed by atoms with Gasteiger partial charge in [-0.05, 0) is 32.0 Å². The van der Waals surface area contributed by atoms with Crippen molar-refractivity contribution in [2.45, 2.75) is 19.9 Å². The molecule has 0 saturated carbocycles. The number of ether oxygens (including phenoxy) is 2. The van der Waals surface area contributed by atoms with Gasteiger partial charge < -0.3 is 19.9 Å². The second-order valence-corrected chi connectivity index (χ2v) is 4.60. The first kappa shape index (κ1) is 15.3. The van der Waals surface area contributed by atoms with Crippen molar-refractivity contribution in [2.75, 3.05) is 26.9 Å². The number of halogens is 1. The van der Waals surface area contributed by atoms with Gasteiger partial charge in [0.1, 0.15) is 0 Å². The Labute approximate surface area is 116 Å². The lowest BCUT2D eigenvalue weighted by molar-refractivity contribution is 0.285. The Morgan fingerprint density at radius 1 is 1.39 bits per heavy atom. The van der Waals surface area contributed by atoms with E-state index in [1.807, 2.05) is 19.1 Å². The molecule has 2 N–H and O–H groups in total. The van der Waals surface area contributed by atoms with Crippen molar-refractivity contribution in [3.05, 3.63) is 22.2 Å². The van der Waals surface area contributed by atoms with Crippen LogP contribution in [-0.2, 0) is 6.54 Å². The Balaban J connectivity index is 2.84. The molecule has 18 heavy (non-hydrogen) atoms. The summed E-state index contributed by atoms with van der Waals surface area (Å²) in [6.45, 7) is 4.18. The fourth-order valence-corrected chi connectivity index (χ4v) is 2.08. The highest BCUT2D eigenvalue weighted by atomic mass is 79.9. The van der Waals surface area contributed by atoms with E-state index < -0.39 is 0 Å². The van der Waals surface area contributed by atoms with Crippen LogP contribution in [0.4, 0.5) is 0 Å². The number of benzene rings is 1. The minimum atomic E-state index is 0.199. The molecule has 0 aromatic heterocycles. The minimum Gasteiger partial charge on any atom is -0.493 e. The molecule has 0 unspecified atom stereocenters. The van der Waals surface area contributed by atoms with Gasteiger partial charge in [-0.2, -0.15) is 0 Å². The van der Waals surface area contributed by atoms with E-state index in [4.69, 9.17) is 14.6 Å². The summed E-state index contributed by atoms with van der Waals surface area (Å²) in [4.78, 5) is 0. The molecule has 0 amide bonds. The second kappa shape index (κ2) is 8.34. The van der Waals surface area contributed by atoms with Crippen LogP contribution in [0.15, 0.2) is 16.6 Å². The summed E-state index contributed by atoms with van der Waals surface area (Å²) in [6.07, 6.45) is 0.742. The van der Waals surface area contributed by atoms with Crippen molar-refractivity contribution in [1.29, 1.82) is 0 Å². The first-order chi connectivity index (χ1) is 8.74. The van der Waals surface area contributed by atoms with E-state index in [0.717, 1.165) is 34.5 Å². The Morgan fingerprint density at radius 2 is 2.17 bits per heavy atom. The monoisotopic (exact) mass is 317 g/mol. The van der Waals surface area contributed by atoms with Gasteiger partial charge in [0.2, 0.25) is 0 Å².